The van der Waals surface area contributed by atoms with Gasteiger partial charge in [-0.1, -0.05) is 29.8 Å². The highest BCUT2D eigenvalue weighted by atomic mass is 35.5. The number of benzene rings is 1. The van der Waals surface area contributed by atoms with Crippen molar-refractivity contribution in [2.75, 3.05) is 12.1 Å². The molecule has 0 spiro atoms. The molecule has 0 unspecified atom stereocenters. The summed E-state index contributed by atoms with van der Waals surface area (Å²) in [5.74, 6) is -0.487. The first-order valence-electron chi connectivity index (χ1n) is 4.85. The molecular formula is C11H12ClN3O. The zero-order valence-corrected chi connectivity index (χ0v) is 9.56. The molecule has 0 aromatic heterocycles. The number of amides is 1. The number of nitrogens with zero attached hydrogens (tertiary/aromatic N) is 2. The molecule has 2 N–H and O–H groups in total. The number of hydrogen-bond acceptors (Lipinski definition) is 3. The number of rotatable bonds is 2. The van der Waals surface area contributed by atoms with Gasteiger partial charge in [0, 0.05) is 7.05 Å². The fraction of sp³-hybridized carbons (Fsp3) is 0.182. The smallest absolute Gasteiger partial charge is 0.266 e. The highest BCUT2D eigenvalue weighted by molar-refractivity contribution is 6.22. The second-order valence-electron chi connectivity index (χ2n) is 3.51. The summed E-state index contributed by atoms with van der Waals surface area (Å²) >= 11 is 6.05. The molecule has 5 heteroatoms. The Labute approximate surface area is 98.9 Å². The summed E-state index contributed by atoms with van der Waals surface area (Å²) < 4.78 is 0. The van der Waals surface area contributed by atoms with Crippen LogP contribution in [-0.2, 0) is 4.79 Å². The lowest BCUT2D eigenvalue weighted by molar-refractivity contribution is -0.114. The van der Waals surface area contributed by atoms with Crippen LogP contribution in [0.25, 0.3) is 0 Å². The molecule has 1 atom stereocenters. The van der Waals surface area contributed by atoms with E-state index in [1.807, 2.05) is 30.3 Å². The number of primary amides is 1. The molecule has 16 heavy (non-hydrogen) atoms. The number of carbonyl (C=O) groups is 1. The molecule has 0 bridgehead atoms. The molecule has 0 aliphatic carbocycles. The Morgan fingerprint density at radius 1 is 1.38 bits per heavy atom. The van der Waals surface area contributed by atoms with Gasteiger partial charge in [-0.2, -0.15) is 5.01 Å². The van der Waals surface area contributed by atoms with Gasteiger partial charge in [0.25, 0.3) is 5.91 Å². The van der Waals surface area contributed by atoms with Crippen LogP contribution in [0, 0.1) is 0 Å². The molecule has 84 valence electrons. The van der Waals surface area contributed by atoms with Gasteiger partial charge in [-0.15, -0.1) is 0 Å². The maximum Gasteiger partial charge on any atom is 0.266 e. The average molecular weight is 238 g/mol. The van der Waals surface area contributed by atoms with Crippen molar-refractivity contribution in [1.29, 1.82) is 0 Å². The van der Waals surface area contributed by atoms with E-state index in [-0.39, 0.29) is 5.50 Å². The van der Waals surface area contributed by atoms with Crippen molar-refractivity contribution < 1.29 is 4.79 Å². The van der Waals surface area contributed by atoms with Crippen molar-refractivity contribution in [2.45, 2.75) is 5.50 Å². The lowest BCUT2D eigenvalue weighted by Crippen LogP contribution is -2.40. The van der Waals surface area contributed by atoms with Gasteiger partial charge in [-0.05, 0) is 18.2 Å². The normalized spacial score (nSPS) is 21.0. The lowest BCUT2D eigenvalue weighted by atomic mass is 10.3. The van der Waals surface area contributed by atoms with Crippen LogP contribution in [0.15, 0.2) is 42.1 Å². The number of hydrogen-bond donors (Lipinski definition) is 1. The molecule has 0 radical (unpaired) electrons. The maximum absolute atomic E-state index is 11.3. The molecule has 1 aromatic carbocycles. The Kier molecular flexibility index (Phi) is 2.85. The molecule has 2 rings (SSSR count). The van der Waals surface area contributed by atoms with Gasteiger partial charge in [0.15, 0.2) is 0 Å². The molecule has 0 fully saturated rings. The van der Waals surface area contributed by atoms with Crippen molar-refractivity contribution in [3.8, 4) is 0 Å². The second kappa shape index (κ2) is 4.15. The van der Waals surface area contributed by atoms with Gasteiger partial charge in [0.1, 0.15) is 11.2 Å². The van der Waals surface area contributed by atoms with E-state index in [1.165, 1.54) is 0 Å². The second-order valence-corrected chi connectivity index (χ2v) is 3.96. The van der Waals surface area contributed by atoms with Crippen LogP contribution in [0.2, 0.25) is 0 Å². The third-order valence-electron chi connectivity index (χ3n) is 2.45. The van der Waals surface area contributed by atoms with Crippen LogP contribution in [0.5, 0.6) is 0 Å². The van der Waals surface area contributed by atoms with Crippen molar-refractivity contribution in [3.05, 3.63) is 42.1 Å². The number of carbonyl (C=O) groups excluding carboxylic acids is 1. The summed E-state index contributed by atoms with van der Waals surface area (Å²) in [6.07, 6.45) is 1.64. The Hall–Kier alpha value is -1.52. The monoisotopic (exact) mass is 237 g/mol. The fourth-order valence-electron chi connectivity index (χ4n) is 1.67. The maximum atomic E-state index is 11.3. The van der Waals surface area contributed by atoms with E-state index in [1.54, 1.807) is 23.1 Å². The number of anilines is 1. The van der Waals surface area contributed by atoms with Crippen LogP contribution in [0.1, 0.15) is 0 Å². The van der Waals surface area contributed by atoms with Crippen molar-refractivity contribution in [1.82, 2.24) is 5.01 Å². The standard InChI is InChI=1S/C11H12ClN3O/c1-14-10(12)7-9(11(13)16)15(14)8-5-3-2-4-6-8/h2-7,10H,1H3,(H2,13,16)/t10-/m0/s1. The summed E-state index contributed by atoms with van der Waals surface area (Å²) in [4.78, 5) is 11.3. The molecular weight excluding hydrogens is 226 g/mol. The minimum Gasteiger partial charge on any atom is -0.364 e. The Morgan fingerprint density at radius 3 is 2.56 bits per heavy atom. The molecule has 0 saturated carbocycles. The first kappa shape index (κ1) is 11.0. The minimum absolute atomic E-state index is 0.359. The number of hydrazine groups is 1. The predicted molar refractivity (Wildman–Crippen MR) is 63.6 cm³/mol. The van der Waals surface area contributed by atoms with Gasteiger partial charge in [-0.25, -0.2) is 0 Å². The summed E-state index contributed by atoms with van der Waals surface area (Å²) in [6.45, 7) is 0. The van der Waals surface area contributed by atoms with E-state index in [0.717, 1.165) is 5.69 Å². The topological polar surface area (TPSA) is 49.6 Å². The number of nitrogens with two attached hydrogens (primary N) is 1. The molecule has 1 aliphatic rings. The number of para-hydroxylation sites is 1. The molecule has 4 nitrogen and oxygen atoms in total. The zero-order chi connectivity index (χ0) is 11.7. The minimum atomic E-state index is -0.487. The Morgan fingerprint density at radius 2 is 2.00 bits per heavy atom. The third-order valence-corrected chi connectivity index (χ3v) is 2.86. The largest absolute Gasteiger partial charge is 0.364 e. The highest BCUT2D eigenvalue weighted by Gasteiger charge is 2.31. The van der Waals surface area contributed by atoms with Gasteiger partial charge >= 0.3 is 0 Å². The fourth-order valence-corrected chi connectivity index (χ4v) is 1.87. The average Bonchev–Trinajstić information content (AvgIpc) is 2.57. The first-order chi connectivity index (χ1) is 7.61. The van der Waals surface area contributed by atoms with Crippen molar-refractivity contribution >= 4 is 23.2 Å². The van der Waals surface area contributed by atoms with Crippen LogP contribution in [0.3, 0.4) is 0 Å². The summed E-state index contributed by atoms with van der Waals surface area (Å²) in [6, 6.07) is 9.47. The Balaban J connectivity index is 2.40. The van der Waals surface area contributed by atoms with Gasteiger partial charge < -0.3 is 5.73 Å². The number of alkyl halides is 1. The van der Waals surface area contributed by atoms with Gasteiger partial charge in [-0.3, -0.25) is 9.80 Å². The van der Waals surface area contributed by atoms with Crippen LogP contribution in [0.4, 0.5) is 5.69 Å². The quantitative estimate of drug-likeness (QED) is 0.623. The number of halogens is 1. The van der Waals surface area contributed by atoms with Crippen molar-refractivity contribution in [2.24, 2.45) is 5.73 Å². The molecule has 1 heterocycles. The summed E-state index contributed by atoms with van der Waals surface area (Å²) in [7, 11) is 1.80. The molecule has 1 amide bonds. The van der Waals surface area contributed by atoms with E-state index < -0.39 is 5.91 Å². The van der Waals surface area contributed by atoms with E-state index in [2.05, 4.69) is 0 Å². The lowest BCUT2D eigenvalue weighted by Gasteiger charge is -2.29. The van der Waals surface area contributed by atoms with E-state index in [4.69, 9.17) is 17.3 Å². The molecule has 0 saturated heterocycles. The first-order valence-corrected chi connectivity index (χ1v) is 5.28. The number of likely N-dealkylation sites (N-methyl/N-ethyl adjacent to an activating group) is 1. The molecule has 1 aliphatic heterocycles. The van der Waals surface area contributed by atoms with Gasteiger partial charge in [0.05, 0.1) is 5.69 Å². The van der Waals surface area contributed by atoms with Crippen LogP contribution in [-0.4, -0.2) is 23.5 Å². The van der Waals surface area contributed by atoms with E-state index in [9.17, 15) is 4.79 Å². The van der Waals surface area contributed by atoms with Crippen LogP contribution < -0.4 is 10.7 Å². The summed E-state index contributed by atoms with van der Waals surface area (Å²) in [5.41, 5.74) is 6.21. The molecule has 1 aromatic rings. The third kappa shape index (κ3) is 1.77. The Bertz CT molecular complexity index is 432. The highest BCUT2D eigenvalue weighted by Crippen LogP contribution is 2.29. The zero-order valence-electron chi connectivity index (χ0n) is 8.80. The summed E-state index contributed by atoms with van der Waals surface area (Å²) in [5, 5.41) is 3.46. The predicted octanol–water partition coefficient (Wildman–Crippen LogP) is 1.29. The van der Waals surface area contributed by atoms with Crippen molar-refractivity contribution in [3.63, 3.8) is 0 Å². The van der Waals surface area contributed by atoms with E-state index >= 15 is 0 Å². The van der Waals surface area contributed by atoms with Gasteiger partial charge in [0.2, 0.25) is 0 Å². The van der Waals surface area contributed by atoms with E-state index in [0.29, 0.717) is 5.70 Å². The van der Waals surface area contributed by atoms with Crippen LogP contribution >= 0.6 is 11.6 Å². The SMILES string of the molecule is CN1[C@H](Cl)C=C(C(N)=O)N1c1ccccc1.